The van der Waals surface area contributed by atoms with Crippen molar-refractivity contribution in [3.63, 3.8) is 0 Å². The third-order valence-corrected chi connectivity index (χ3v) is 6.51. The summed E-state index contributed by atoms with van der Waals surface area (Å²) in [5, 5.41) is 6.95. The van der Waals surface area contributed by atoms with Crippen LogP contribution in [-0.2, 0) is 4.79 Å². The summed E-state index contributed by atoms with van der Waals surface area (Å²) < 4.78 is 11.4. The standard InChI is InChI=1S/C29H29N3O4/c1-35-23-12-13-24-25(18-23)36-28(27(24)20-8-4-2-5-9-20)29(34)31-22-14-16-32(17-15-22)19-26(33)30-21-10-6-3-7-11-21/h2-13,18,22H,14-17,19H2,1H3,(H,30,33)(H,31,34). The van der Waals surface area contributed by atoms with Crippen LogP contribution in [0.25, 0.3) is 22.1 Å². The van der Waals surface area contributed by atoms with E-state index in [2.05, 4.69) is 15.5 Å². The van der Waals surface area contributed by atoms with Gasteiger partial charge >= 0.3 is 0 Å². The SMILES string of the molecule is COc1ccc2c(-c3ccccc3)c(C(=O)NC3CCN(CC(=O)Nc4ccccc4)CC3)oc2c1. The Morgan fingerprint density at radius 3 is 2.36 bits per heavy atom. The van der Waals surface area contributed by atoms with Gasteiger partial charge in [0.1, 0.15) is 11.3 Å². The van der Waals surface area contributed by atoms with Gasteiger partial charge in [-0.3, -0.25) is 14.5 Å². The van der Waals surface area contributed by atoms with Crippen LogP contribution in [0, 0.1) is 0 Å². The highest BCUT2D eigenvalue weighted by Crippen LogP contribution is 2.36. The first-order valence-corrected chi connectivity index (χ1v) is 12.1. The number of rotatable bonds is 7. The normalized spacial score (nSPS) is 14.5. The summed E-state index contributed by atoms with van der Waals surface area (Å²) in [5.41, 5.74) is 3.10. The number of likely N-dealkylation sites (tertiary alicyclic amines) is 1. The Kier molecular flexibility index (Phi) is 7.00. The molecule has 0 aliphatic carbocycles. The minimum atomic E-state index is -0.232. The van der Waals surface area contributed by atoms with Crippen molar-refractivity contribution in [3.8, 4) is 16.9 Å². The number of furan rings is 1. The molecule has 7 heteroatoms. The maximum absolute atomic E-state index is 13.4. The first kappa shape index (κ1) is 23.6. The fourth-order valence-electron chi connectivity index (χ4n) is 4.67. The lowest BCUT2D eigenvalue weighted by molar-refractivity contribution is -0.117. The fourth-order valence-corrected chi connectivity index (χ4v) is 4.67. The van der Waals surface area contributed by atoms with E-state index >= 15 is 0 Å². The minimum absolute atomic E-state index is 0.0114. The van der Waals surface area contributed by atoms with Gasteiger partial charge in [0.25, 0.3) is 5.91 Å². The number of anilines is 1. The molecule has 2 amide bonds. The third-order valence-electron chi connectivity index (χ3n) is 6.51. The second-order valence-corrected chi connectivity index (χ2v) is 8.97. The number of benzene rings is 3. The van der Waals surface area contributed by atoms with Crippen LogP contribution in [0.15, 0.2) is 83.3 Å². The van der Waals surface area contributed by atoms with Crippen LogP contribution in [0.4, 0.5) is 5.69 Å². The number of carbonyl (C=O) groups excluding carboxylic acids is 2. The lowest BCUT2D eigenvalue weighted by Gasteiger charge is -2.31. The van der Waals surface area contributed by atoms with Gasteiger partial charge in [0.15, 0.2) is 0 Å². The summed E-state index contributed by atoms with van der Waals surface area (Å²) in [6.45, 7) is 1.80. The zero-order valence-electron chi connectivity index (χ0n) is 20.2. The monoisotopic (exact) mass is 483 g/mol. The summed E-state index contributed by atoms with van der Waals surface area (Å²) in [5.74, 6) is 0.707. The molecule has 1 saturated heterocycles. The van der Waals surface area contributed by atoms with E-state index in [1.54, 1.807) is 13.2 Å². The van der Waals surface area contributed by atoms with E-state index < -0.39 is 0 Å². The van der Waals surface area contributed by atoms with Crippen LogP contribution in [0.5, 0.6) is 5.75 Å². The second kappa shape index (κ2) is 10.7. The van der Waals surface area contributed by atoms with E-state index in [1.165, 1.54) is 0 Å². The molecule has 0 spiro atoms. The number of nitrogens with one attached hydrogen (secondary N) is 2. The molecule has 0 bridgehead atoms. The van der Waals surface area contributed by atoms with Gasteiger partial charge in [0, 0.05) is 41.8 Å². The summed E-state index contributed by atoms with van der Waals surface area (Å²) in [4.78, 5) is 27.9. The van der Waals surface area contributed by atoms with Gasteiger partial charge in [0.2, 0.25) is 11.7 Å². The Morgan fingerprint density at radius 2 is 1.67 bits per heavy atom. The minimum Gasteiger partial charge on any atom is -0.497 e. The van der Waals surface area contributed by atoms with Crippen LogP contribution in [0.2, 0.25) is 0 Å². The highest BCUT2D eigenvalue weighted by atomic mass is 16.5. The zero-order chi connectivity index (χ0) is 24.9. The zero-order valence-corrected chi connectivity index (χ0v) is 20.2. The molecule has 0 saturated carbocycles. The van der Waals surface area contributed by atoms with Crippen LogP contribution in [0.1, 0.15) is 23.4 Å². The molecule has 1 aliphatic rings. The van der Waals surface area contributed by atoms with Gasteiger partial charge in [-0.15, -0.1) is 0 Å². The fraction of sp³-hybridized carbons (Fsp3) is 0.241. The number of hydrogen-bond acceptors (Lipinski definition) is 5. The van der Waals surface area contributed by atoms with Crippen LogP contribution in [-0.4, -0.2) is 49.5 Å². The Bertz CT molecular complexity index is 1340. The van der Waals surface area contributed by atoms with Gasteiger partial charge < -0.3 is 19.8 Å². The summed E-state index contributed by atoms with van der Waals surface area (Å²) in [6.07, 6.45) is 1.53. The average molecular weight is 484 g/mol. The van der Waals surface area contributed by atoms with E-state index in [4.69, 9.17) is 9.15 Å². The van der Waals surface area contributed by atoms with Gasteiger partial charge in [-0.05, 0) is 42.7 Å². The van der Waals surface area contributed by atoms with Gasteiger partial charge in [-0.25, -0.2) is 0 Å². The number of methoxy groups -OCH3 is 1. The van der Waals surface area contributed by atoms with Crippen molar-refractivity contribution in [1.29, 1.82) is 0 Å². The van der Waals surface area contributed by atoms with Crippen LogP contribution < -0.4 is 15.4 Å². The predicted octanol–water partition coefficient (Wildman–Crippen LogP) is 4.94. The Morgan fingerprint density at radius 1 is 0.972 bits per heavy atom. The van der Waals surface area contributed by atoms with E-state index in [0.717, 1.165) is 48.1 Å². The Balaban J connectivity index is 1.25. The molecule has 1 aliphatic heterocycles. The largest absolute Gasteiger partial charge is 0.497 e. The van der Waals surface area contributed by atoms with Crippen molar-refractivity contribution < 1.29 is 18.7 Å². The number of fused-ring (bicyclic) bond motifs is 1. The van der Waals surface area contributed by atoms with Crippen molar-refractivity contribution >= 4 is 28.5 Å². The molecule has 0 radical (unpaired) electrons. The van der Waals surface area contributed by atoms with Gasteiger partial charge in [0.05, 0.1) is 13.7 Å². The number of nitrogens with zero attached hydrogens (tertiary/aromatic N) is 1. The van der Waals surface area contributed by atoms with Crippen molar-refractivity contribution in [3.05, 3.63) is 84.6 Å². The smallest absolute Gasteiger partial charge is 0.287 e. The van der Waals surface area contributed by atoms with E-state index in [9.17, 15) is 9.59 Å². The molecule has 36 heavy (non-hydrogen) atoms. The van der Waals surface area contributed by atoms with Crippen molar-refractivity contribution in [2.45, 2.75) is 18.9 Å². The number of ether oxygens (including phenoxy) is 1. The van der Waals surface area contributed by atoms with Crippen molar-refractivity contribution in [2.75, 3.05) is 32.1 Å². The number of para-hydroxylation sites is 1. The molecular weight excluding hydrogens is 454 g/mol. The second-order valence-electron chi connectivity index (χ2n) is 8.97. The molecule has 2 N–H and O–H groups in total. The topological polar surface area (TPSA) is 83.8 Å². The lowest BCUT2D eigenvalue weighted by atomic mass is 10.0. The molecule has 4 aromatic rings. The highest BCUT2D eigenvalue weighted by Gasteiger charge is 2.27. The molecule has 3 aromatic carbocycles. The Hall–Kier alpha value is -4.10. The Labute approximate surface area is 210 Å². The maximum Gasteiger partial charge on any atom is 0.287 e. The molecule has 5 rings (SSSR count). The predicted molar refractivity (Wildman–Crippen MR) is 140 cm³/mol. The number of carbonyl (C=O) groups is 2. The molecular formula is C29H29N3O4. The number of piperidine rings is 1. The first-order valence-electron chi connectivity index (χ1n) is 12.1. The van der Waals surface area contributed by atoms with Gasteiger partial charge in [-0.2, -0.15) is 0 Å². The average Bonchev–Trinajstić information content (AvgIpc) is 3.30. The van der Waals surface area contributed by atoms with Crippen molar-refractivity contribution in [1.82, 2.24) is 10.2 Å². The maximum atomic E-state index is 13.4. The van der Waals surface area contributed by atoms with E-state index in [0.29, 0.717) is 23.6 Å². The molecule has 2 heterocycles. The molecule has 1 fully saturated rings. The van der Waals surface area contributed by atoms with Crippen LogP contribution >= 0.6 is 0 Å². The summed E-state index contributed by atoms with van der Waals surface area (Å²) in [7, 11) is 1.60. The summed E-state index contributed by atoms with van der Waals surface area (Å²) in [6, 6.07) is 24.9. The quantitative estimate of drug-likeness (QED) is 0.389. The van der Waals surface area contributed by atoms with Crippen molar-refractivity contribution in [2.24, 2.45) is 0 Å². The molecule has 7 nitrogen and oxygen atoms in total. The molecule has 0 unspecified atom stereocenters. The number of hydrogen-bond donors (Lipinski definition) is 2. The summed E-state index contributed by atoms with van der Waals surface area (Å²) >= 11 is 0. The van der Waals surface area contributed by atoms with E-state index in [1.807, 2.05) is 72.8 Å². The lowest BCUT2D eigenvalue weighted by Crippen LogP contribution is -2.46. The number of amides is 2. The first-order chi connectivity index (χ1) is 17.6. The molecule has 1 aromatic heterocycles. The third kappa shape index (κ3) is 5.26. The van der Waals surface area contributed by atoms with E-state index in [-0.39, 0.29) is 17.9 Å². The van der Waals surface area contributed by atoms with Crippen LogP contribution in [0.3, 0.4) is 0 Å². The van der Waals surface area contributed by atoms with Gasteiger partial charge in [-0.1, -0.05) is 48.5 Å². The molecule has 184 valence electrons. The highest BCUT2D eigenvalue weighted by molar-refractivity contribution is 6.08. The molecule has 0 atom stereocenters.